The molecule has 0 heterocycles. The number of carboxylic acids is 1. The Morgan fingerprint density at radius 2 is 1.81 bits per heavy atom. The van der Waals surface area contributed by atoms with Crippen molar-refractivity contribution in [3.05, 3.63) is 0 Å². The van der Waals surface area contributed by atoms with Gasteiger partial charge in [0.1, 0.15) is 0 Å². The Balaban J connectivity index is 2.40. The fourth-order valence-corrected chi connectivity index (χ4v) is 2.78. The van der Waals surface area contributed by atoms with Crippen LogP contribution in [-0.2, 0) is 4.79 Å². The molecule has 1 saturated carbocycles. The quantitative estimate of drug-likeness (QED) is 0.779. The van der Waals surface area contributed by atoms with Gasteiger partial charge in [-0.25, -0.2) is 0 Å². The Labute approximate surface area is 98.4 Å². The summed E-state index contributed by atoms with van der Waals surface area (Å²) in [6.07, 6.45) is 4.70. The highest BCUT2D eigenvalue weighted by atomic mass is 16.4. The Bertz CT molecular complexity index is 237. The van der Waals surface area contributed by atoms with E-state index < -0.39 is 5.97 Å². The topological polar surface area (TPSA) is 63.3 Å². The van der Waals surface area contributed by atoms with Crippen LogP contribution in [-0.4, -0.2) is 17.1 Å². The summed E-state index contributed by atoms with van der Waals surface area (Å²) in [4.78, 5) is 10.6. The number of hydrogen-bond acceptors (Lipinski definition) is 2. The van der Waals surface area contributed by atoms with E-state index in [1.54, 1.807) is 0 Å². The summed E-state index contributed by atoms with van der Waals surface area (Å²) in [7, 11) is 0. The molecule has 94 valence electrons. The molecule has 1 aliphatic rings. The average Bonchev–Trinajstić information content (AvgIpc) is 2.15. The first kappa shape index (κ1) is 13.5. The summed E-state index contributed by atoms with van der Waals surface area (Å²) in [5.74, 6) is 0.404. The van der Waals surface area contributed by atoms with E-state index in [-0.39, 0.29) is 12.5 Å². The van der Waals surface area contributed by atoms with Gasteiger partial charge in [0.2, 0.25) is 0 Å². The van der Waals surface area contributed by atoms with Gasteiger partial charge in [0, 0.05) is 6.04 Å². The van der Waals surface area contributed by atoms with Crippen molar-refractivity contribution in [3.63, 3.8) is 0 Å². The Hall–Kier alpha value is -0.570. The van der Waals surface area contributed by atoms with E-state index in [0.717, 1.165) is 18.8 Å². The monoisotopic (exact) mass is 227 g/mol. The zero-order valence-corrected chi connectivity index (χ0v) is 10.7. The van der Waals surface area contributed by atoms with Crippen molar-refractivity contribution in [2.75, 3.05) is 0 Å². The number of carbonyl (C=O) groups is 1. The van der Waals surface area contributed by atoms with Crippen molar-refractivity contribution in [1.29, 1.82) is 0 Å². The van der Waals surface area contributed by atoms with Crippen molar-refractivity contribution in [2.24, 2.45) is 23.0 Å². The van der Waals surface area contributed by atoms with Gasteiger partial charge < -0.3 is 10.8 Å². The molecule has 3 nitrogen and oxygen atoms in total. The minimum Gasteiger partial charge on any atom is -0.481 e. The van der Waals surface area contributed by atoms with Crippen LogP contribution in [0, 0.1) is 17.3 Å². The van der Waals surface area contributed by atoms with Crippen molar-refractivity contribution >= 4 is 5.97 Å². The Kier molecular flexibility index (Phi) is 4.36. The van der Waals surface area contributed by atoms with Crippen LogP contribution < -0.4 is 5.73 Å². The largest absolute Gasteiger partial charge is 0.481 e. The lowest BCUT2D eigenvalue weighted by Gasteiger charge is -2.38. The predicted octanol–water partition coefficient (Wildman–Crippen LogP) is 2.64. The van der Waals surface area contributed by atoms with Crippen LogP contribution in [0.2, 0.25) is 0 Å². The summed E-state index contributed by atoms with van der Waals surface area (Å²) >= 11 is 0. The Morgan fingerprint density at radius 3 is 2.19 bits per heavy atom. The maximum absolute atomic E-state index is 10.6. The number of rotatable bonds is 3. The lowest BCUT2D eigenvalue weighted by molar-refractivity contribution is -0.137. The third-order valence-electron chi connectivity index (χ3n) is 4.01. The van der Waals surface area contributed by atoms with Crippen molar-refractivity contribution in [3.8, 4) is 0 Å². The van der Waals surface area contributed by atoms with Gasteiger partial charge in [-0.15, -0.1) is 0 Å². The highest BCUT2D eigenvalue weighted by Gasteiger charge is 2.32. The van der Waals surface area contributed by atoms with Gasteiger partial charge >= 0.3 is 5.97 Å². The average molecular weight is 227 g/mol. The van der Waals surface area contributed by atoms with Gasteiger partial charge in [-0.2, -0.15) is 0 Å². The highest BCUT2D eigenvalue weighted by Crippen LogP contribution is 2.40. The minimum atomic E-state index is -0.773. The van der Waals surface area contributed by atoms with E-state index in [9.17, 15) is 4.79 Å². The smallest absolute Gasteiger partial charge is 0.304 e. The first-order chi connectivity index (χ1) is 7.30. The molecule has 16 heavy (non-hydrogen) atoms. The zero-order valence-electron chi connectivity index (χ0n) is 10.7. The molecule has 3 heteroatoms. The molecule has 0 amide bonds. The van der Waals surface area contributed by atoms with Crippen LogP contribution in [0.1, 0.15) is 52.9 Å². The molecule has 1 unspecified atom stereocenters. The summed E-state index contributed by atoms with van der Waals surface area (Å²) < 4.78 is 0. The summed E-state index contributed by atoms with van der Waals surface area (Å²) in [6.45, 7) is 6.86. The van der Waals surface area contributed by atoms with E-state index in [1.807, 2.05) is 0 Å². The van der Waals surface area contributed by atoms with Gasteiger partial charge in [-0.05, 0) is 42.9 Å². The number of aliphatic carboxylic acids is 1. The van der Waals surface area contributed by atoms with Gasteiger partial charge in [0.05, 0.1) is 6.42 Å². The summed E-state index contributed by atoms with van der Waals surface area (Å²) in [5.41, 5.74) is 6.30. The fourth-order valence-electron chi connectivity index (χ4n) is 2.78. The van der Waals surface area contributed by atoms with Crippen LogP contribution in [0.5, 0.6) is 0 Å². The molecule has 3 N–H and O–H groups in total. The molecule has 0 aromatic rings. The summed E-state index contributed by atoms with van der Waals surface area (Å²) in [6, 6.07) is -0.154. The number of carboxylic acid groups (broad SMARTS) is 1. The zero-order chi connectivity index (χ0) is 12.3. The predicted molar refractivity (Wildman–Crippen MR) is 65.1 cm³/mol. The molecule has 0 aromatic carbocycles. The SMILES string of the molecule is CC(C)(C)C1CCC(C(N)CC(=O)O)CC1. The van der Waals surface area contributed by atoms with E-state index in [2.05, 4.69) is 20.8 Å². The molecule has 1 fully saturated rings. The van der Waals surface area contributed by atoms with E-state index in [4.69, 9.17) is 10.8 Å². The molecule has 0 bridgehead atoms. The molecule has 1 atom stereocenters. The maximum Gasteiger partial charge on any atom is 0.304 e. The second-order valence-electron chi connectivity index (χ2n) is 6.24. The van der Waals surface area contributed by atoms with Gasteiger partial charge in [0.25, 0.3) is 0 Å². The third-order valence-corrected chi connectivity index (χ3v) is 4.01. The van der Waals surface area contributed by atoms with Crippen molar-refractivity contribution in [1.82, 2.24) is 0 Å². The standard InChI is InChI=1S/C13H25NO2/c1-13(2,3)10-6-4-9(5-7-10)11(14)8-12(15)16/h9-11H,4-8,14H2,1-3H3,(H,15,16). The van der Waals surface area contributed by atoms with E-state index in [1.165, 1.54) is 12.8 Å². The lowest BCUT2D eigenvalue weighted by atomic mass is 9.68. The molecule has 1 rings (SSSR count). The molecule has 0 aromatic heterocycles. The highest BCUT2D eigenvalue weighted by molar-refractivity contribution is 5.67. The maximum atomic E-state index is 10.6. The van der Waals surface area contributed by atoms with E-state index >= 15 is 0 Å². The van der Waals surface area contributed by atoms with Crippen molar-refractivity contribution < 1.29 is 9.90 Å². The lowest BCUT2D eigenvalue weighted by Crippen LogP contribution is -2.36. The minimum absolute atomic E-state index is 0.116. The van der Waals surface area contributed by atoms with Crippen LogP contribution >= 0.6 is 0 Å². The van der Waals surface area contributed by atoms with E-state index in [0.29, 0.717) is 11.3 Å². The normalized spacial score (nSPS) is 28.8. The van der Waals surface area contributed by atoms with Crippen LogP contribution in [0.15, 0.2) is 0 Å². The molecule has 0 aliphatic heterocycles. The molecular weight excluding hydrogens is 202 g/mol. The molecular formula is C13H25NO2. The van der Waals surface area contributed by atoms with Gasteiger partial charge in [-0.3, -0.25) is 4.79 Å². The second kappa shape index (κ2) is 5.17. The Morgan fingerprint density at radius 1 is 1.31 bits per heavy atom. The van der Waals surface area contributed by atoms with Crippen molar-refractivity contribution in [2.45, 2.75) is 58.9 Å². The third kappa shape index (κ3) is 3.78. The van der Waals surface area contributed by atoms with Crippen LogP contribution in [0.4, 0.5) is 0 Å². The van der Waals surface area contributed by atoms with Crippen LogP contribution in [0.25, 0.3) is 0 Å². The first-order valence-electron chi connectivity index (χ1n) is 6.28. The van der Waals surface area contributed by atoms with Crippen LogP contribution in [0.3, 0.4) is 0 Å². The summed E-state index contributed by atoms with van der Waals surface area (Å²) in [5, 5.41) is 8.72. The van der Waals surface area contributed by atoms with Gasteiger partial charge in [-0.1, -0.05) is 20.8 Å². The number of nitrogens with two attached hydrogens (primary N) is 1. The molecule has 0 radical (unpaired) electrons. The molecule has 0 saturated heterocycles. The fraction of sp³-hybridized carbons (Fsp3) is 0.923. The molecule has 1 aliphatic carbocycles. The molecule has 0 spiro atoms. The first-order valence-corrected chi connectivity index (χ1v) is 6.28. The van der Waals surface area contributed by atoms with Gasteiger partial charge in [0.15, 0.2) is 0 Å². The number of hydrogen-bond donors (Lipinski definition) is 2. The second-order valence-corrected chi connectivity index (χ2v) is 6.24.